The first-order chi connectivity index (χ1) is 8.66. The Balaban J connectivity index is 1.75. The van der Waals surface area contributed by atoms with E-state index in [9.17, 15) is 8.42 Å². The lowest BCUT2D eigenvalue weighted by Crippen LogP contribution is -2.37. The van der Waals surface area contributed by atoms with Gasteiger partial charge in [0.2, 0.25) is 10.0 Å². The molecule has 0 spiro atoms. The summed E-state index contributed by atoms with van der Waals surface area (Å²) in [4.78, 5) is 3.92. The zero-order valence-corrected chi connectivity index (χ0v) is 11.1. The summed E-state index contributed by atoms with van der Waals surface area (Å²) < 4.78 is 26.3. The molecule has 2 rings (SSSR count). The van der Waals surface area contributed by atoms with Crippen molar-refractivity contribution < 1.29 is 8.42 Å². The van der Waals surface area contributed by atoms with Gasteiger partial charge in [-0.25, -0.2) is 13.1 Å². The predicted molar refractivity (Wildman–Crippen MR) is 70.8 cm³/mol. The summed E-state index contributed by atoms with van der Waals surface area (Å²) in [6.45, 7) is 1.37. The van der Waals surface area contributed by atoms with Crippen LogP contribution in [-0.4, -0.2) is 38.3 Å². The minimum absolute atomic E-state index is 0.114. The van der Waals surface area contributed by atoms with E-state index in [-0.39, 0.29) is 11.8 Å². The van der Waals surface area contributed by atoms with Crippen LogP contribution >= 0.6 is 0 Å². The van der Waals surface area contributed by atoms with Crippen molar-refractivity contribution in [2.24, 2.45) is 0 Å². The maximum atomic E-state index is 11.8. The lowest BCUT2D eigenvalue weighted by atomic mass is 10.2. The van der Waals surface area contributed by atoms with E-state index in [2.05, 4.69) is 15.0 Å². The van der Waals surface area contributed by atoms with Crippen LogP contribution in [0.2, 0.25) is 0 Å². The summed E-state index contributed by atoms with van der Waals surface area (Å²) in [5, 5.41) is 3.19. The molecule has 0 aromatic carbocycles. The molecular weight excluding hydrogens is 250 g/mol. The molecule has 1 unspecified atom stereocenters. The van der Waals surface area contributed by atoms with E-state index in [0.29, 0.717) is 13.0 Å². The molecular formula is C12H19N3O2S. The number of hydrogen-bond acceptors (Lipinski definition) is 4. The van der Waals surface area contributed by atoms with Gasteiger partial charge in [-0.2, -0.15) is 0 Å². The Morgan fingerprint density at radius 3 is 2.83 bits per heavy atom. The third-order valence-electron chi connectivity index (χ3n) is 3.07. The quantitative estimate of drug-likeness (QED) is 0.779. The summed E-state index contributed by atoms with van der Waals surface area (Å²) in [6.07, 6.45) is 6.14. The van der Waals surface area contributed by atoms with Crippen LogP contribution in [0.25, 0.3) is 0 Å². The Labute approximate surface area is 108 Å². The van der Waals surface area contributed by atoms with Crippen molar-refractivity contribution in [3.63, 3.8) is 0 Å². The van der Waals surface area contributed by atoms with Crippen LogP contribution in [0.1, 0.15) is 18.4 Å². The molecule has 0 radical (unpaired) electrons. The molecule has 0 amide bonds. The van der Waals surface area contributed by atoms with E-state index >= 15 is 0 Å². The van der Waals surface area contributed by atoms with Crippen LogP contribution in [0.15, 0.2) is 24.5 Å². The fourth-order valence-corrected chi connectivity index (χ4v) is 3.47. The zero-order chi connectivity index (χ0) is 12.8. The highest BCUT2D eigenvalue weighted by atomic mass is 32.2. The van der Waals surface area contributed by atoms with Crippen molar-refractivity contribution in [1.82, 2.24) is 15.0 Å². The van der Waals surface area contributed by atoms with Gasteiger partial charge in [0, 0.05) is 25.0 Å². The van der Waals surface area contributed by atoms with Gasteiger partial charge in [0.15, 0.2) is 0 Å². The van der Waals surface area contributed by atoms with Gasteiger partial charge in [-0.15, -0.1) is 0 Å². The Morgan fingerprint density at radius 2 is 2.17 bits per heavy atom. The van der Waals surface area contributed by atoms with Gasteiger partial charge in [0.05, 0.1) is 5.75 Å². The predicted octanol–water partition coefficient (Wildman–Crippen LogP) is 0.296. The molecule has 18 heavy (non-hydrogen) atoms. The molecule has 0 saturated carbocycles. The van der Waals surface area contributed by atoms with Crippen LogP contribution < -0.4 is 10.0 Å². The fraction of sp³-hybridized carbons (Fsp3) is 0.583. The molecule has 0 bridgehead atoms. The standard InChI is InChI=1S/C12H19N3O2S/c16-18(17,10-12-2-1-6-14-12)15-9-5-11-3-7-13-8-4-11/h3-4,7-8,12,14-15H,1-2,5-6,9-10H2. The first-order valence-electron chi connectivity index (χ1n) is 6.25. The van der Waals surface area contributed by atoms with Crippen molar-refractivity contribution >= 4 is 10.0 Å². The van der Waals surface area contributed by atoms with Gasteiger partial charge >= 0.3 is 0 Å². The lowest BCUT2D eigenvalue weighted by Gasteiger charge is -2.11. The second-order valence-corrected chi connectivity index (χ2v) is 6.43. The molecule has 1 aliphatic rings. The number of pyridine rings is 1. The summed E-state index contributed by atoms with van der Waals surface area (Å²) in [5.41, 5.74) is 1.09. The topological polar surface area (TPSA) is 71.1 Å². The normalized spacial score (nSPS) is 20.1. The molecule has 2 N–H and O–H groups in total. The Morgan fingerprint density at radius 1 is 1.39 bits per heavy atom. The van der Waals surface area contributed by atoms with Gasteiger partial charge in [0.25, 0.3) is 0 Å². The van der Waals surface area contributed by atoms with Gasteiger partial charge in [-0.1, -0.05) is 0 Å². The highest BCUT2D eigenvalue weighted by Crippen LogP contribution is 2.07. The number of rotatable bonds is 6. The van der Waals surface area contributed by atoms with Gasteiger partial charge < -0.3 is 5.32 Å². The molecule has 1 atom stereocenters. The van der Waals surface area contributed by atoms with Crippen molar-refractivity contribution in [3.05, 3.63) is 30.1 Å². The second kappa shape index (κ2) is 6.26. The summed E-state index contributed by atoms with van der Waals surface area (Å²) >= 11 is 0. The summed E-state index contributed by atoms with van der Waals surface area (Å²) in [5.74, 6) is 0.184. The Kier molecular flexibility index (Phi) is 4.68. The maximum Gasteiger partial charge on any atom is 0.213 e. The molecule has 1 aliphatic heterocycles. The number of aromatic nitrogens is 1. The molecule has 6 heteroatoms. The number of nitrogens with zero attached hydrogens (tertiary/aromatic N) is 1. The summed E-state index contributed by atoms with van der Waals surface area (Å²) in [6, 6.07) is 3.91. The average Bonchev–Trinajstić information content (AvgIpc) is 2.82. The minimum Gasteiger partial charge on any atom is -0.313 e. The van der Waals surface area contributed by atoms with E-state index < -0.39 is 10.0 Å². The number of nitrogens with one attached hydrogen (secondary N) is 2. The van der Waals surface area contributed by atoms with Crippen molar-refractivity contribution in [3.8, 4) is 0 Å². The van der Waals surface area contributed by atoms with E-state index in [0.717, 1.165) is 24.9 Å². The molecule has 1 fully saturated rings. The largest absolute Gasteiger partial charge is 0.313 e. The number of sulfonamides is 1. The van der Waals surface area contributed by atoms with Gasteiger partial charge in [-0.3, -0.25) is 4.98 Å². The van der Waals surface area contributed by atoms with Gasteiger partial charge in [-0.05, 0) is 43.5 Å². The third kappa shape index (κ3) is 4.36. The second-order valence-electron chi connectivity index (χ2n) is 4.57. The highest BCUT2D eigenvalue weighted by molar-refractivity contribution is 7.89. The van der Waals surface area contributed by atoms with E-state index in [1.54, 1.807) is 12.4 Å². The first-order valence-corrected chi connectivity index (χ1v) is 7.90. The minimum atomic E-state index is -3.16. The van der Waals surface area contributed by atoms with Crippen LogP contribution in [0.5, 0.6) is 0 Å². The monoisotopic (exact) mass is 269 g/mol. The van der Waals surface area contributed by atoms with Crippen LogP contribution in [0, 0.1) is 0 Å². The molecule has 1 aromatic heterocycles. The van der Waals surface area contributed by atoms with E-state index in [1.807, 2.05) is 12.1 Å². The molecule has 1 saturated heterocycles. The smallest absolute Gasteiger partial charge is 0.213 e. The highest BCUT2D eigenvalue weighted by Gasteiger charge is 2.21. The third-order valence-corrected chi connectivity index (χ3v) is 4.55. The van der Waals surface area contributed by atoms with Crippen LogP contribution in [-0.2, 0) is 16.4 Å². The van der Waals surface area contributed by atoms with E-state index in [4.69, 9.17) is 0 Å². The fourth-order valence-electron chi connectivity index (χ4n) is 2.12. The van der Waals surface area contributed by atoms with Gasteiger partial charge in [0.1, 0.15) is 0 Å². The molecule has 1 aromatic rings. The number of hydrogen-bond donors (Lipinski definition) is 2. The molecule has 100 valence electrons. The first kappa shape index (κ1) is 13.5. The SMILES string of the molecule is O=S(=O)(CC1CCCN1)NCCc1ccncc1. The Hall–Kier alpha value is -0.980. The maximum absolute atomic E-state index is 11.8. The van der Waals surface area contributed by atoms with Crippen LogP contribution in [0.3, 0.4) is 0 Å². The average molecular weight is 269 g/mol. The molecule has 0 aliphatic carbocycles. The Bertz CT molecular complexity index is 455. The summed E-state index contributed by atoms with van der Waals surface area (Å²) in [7, 11) is -3.16. The molecule has 2 heterocycles. The zero-order valence-electron chi connectivity index (χ0n) is 10.3. The molecule has 5 nitrogen and oxygen atoms in total. The van der Waals surface area contributed by atoms with Crippen molar-refractivity contribution in [1.29, 1.82) is 0 Å². The van der Waals surface area contributed by atoms with E-state index in [1.165, 1.54) is 0 Å². The van der Waals surface area contributed by atoms with Crippen molar-refractivity contribution in [2.45, 2.75) is 25.3 Å². The van der Waals surface area contributed by atoms with Crippen molar-refractivity contribution in [2.75, 3.05) is 18.8 Å². The lowest BCUT2D eigenvalue weighted by molar-refractivity contribution is 0.564. The van der Waals surface area contributed by atoms with Crippen LogP contribution in [0.4, 0.5) is 0 Å².